The summed E-state index contributed by atoms with van der Waals surface area (Å²) in [4.78, 5) is 31.0. The van der Waals surface area contributed by atoms with Gasteiger partial charge < -0.3 is 9.80 Å². The smallest absolute Gasteiger partial charge is 0.274 e. The third kappa shape index (κ3) is 4.39. The van der Waals surface area contributed by atoms with Crippen molar-refractivity contribution in [1.29, 1.82) is 0 Å². The van der Waals surface area contributed by atoms with Gasteiger partial charge in [-0.3, -0.25) is 19.6 Å². The van der Waals surface area contributed by atoms with E-state index in [9.17, 15) is 9.59 Å². The van der Waals surface area contributed by atoms with Gasteiger partial charge in [0.1, 0.15) is 5.69 Å². The molecule has 0 saturated carbocycles. The second-order valence-corrected chi connectivity index (χ2v) is 7.75. The Morgan fingerprint density at radius 1 is 1.12 bits per heavy atom. The molecule has 1 N–H and O–H groups in total. The third-order valence-electron chi connectivity index (χ3n) is 5.16. The molecule has 0 bridgehead atoms. The van der Waals surface area contributed by atoms with Crippen LogP contribution in [0.5, 0.6) is 0 Å². The van der Waals surface area contributed by atoms with Crippen molar-refractivity contribution in [3.8, 4) is 0 Å². The van der Waals surface area contributed by atoms with E-state index in [1.165, 1.54) is 6.42 Å². The fraction of sp³-hybridized carbons (Fsp3) is 0.722. The molecular formula is C18H29N5O2. The minimum absolute atomic E-state index is 0.0333. The standard InChI is InChI=1S/C18H29N5O2/c1-13-8-14(2)11-23(10-13)17(24)12-21-4-6-22(7-5-21)18(25)16-9-15(3)19-20-16/h9,13-14H,4-8,10-12H2,1-3H3,(H,19,20)/t13-,14+. The van der Waals surface area contributed by atoms with Crippen LogP contribution < -0.4 is 0 Å². The maximum atomic E-state index is 12.6. The predicted octanol–water partition coefficient (Wildman–Crippen LogP) is 0.980. The lowest BCUT2D eigenvalue weighted by molar-refractivity contribution is -0.135. The second-order valence-electron chi connectivity index (χ2n) is 7.75. The average molecular weight is 347 g/mol. The molecule has 1 aromatic rings. The Morgan fingerprint density at radius 3 is 2.32 bits per heavy atom. The van der Waals surface area contributed by atoms with E-state index < -0.39 is 0 Å². The van der Waals surface area contributed by atoms with Gasteiger partial charge in [-0.15, -0.1) is 0 Å². The molecule has 2 saturated heterocycles. The minimum Gasteiger partial charge on any atom is -0.341 e. The van der Waals surface area contributed by atoms with Gasteiger partial charge in [-0.25, -0.2) is 0 Å². The predicted molar refractivity (Wildman–Crippen MR) is 95.2 cm³/mol. The first-order valence-corrected chi connectivity index (χ1v) is 9.23. The monoisotopic (exact) mass is 347 g/mol. The summed E-state index contributed by atoms with van der Waals surface area (Å²) in [5, 5.41) is 6.85. The van der Waals surface area contributed by atoms with Gasteiger partial charge in [0.05, 0.1) is 6.54 Å². The first-order chi connectivity index (χ1) is 11.9. The van der Waals surface area contributed by atoms with Crippen molar-refractivity contribution in [1.82, 2.24) is 24.9 Å². The number of aromatic nitrogens is 2. The van der Waals surface area contributed by atoms with Crippen LogP contribution >= 0.6 is 0 Å². The van der Waals surface area contributed by atoms with Crippen molar-refractivity contribution in [2.24, 2.45) is 11.8 Å². The molecule has 7 heteroatoms. The van der Waals surface area contributed by atoms with E-state index in [1.807, 2.05) is 16.7 Å². The highest BCUT2D eigenvalue weighted by atomic mass is 16.2. The molecule has 2 aliphatic heterocycles. The number of aromatic amines is 1. The van der Waals surface area contributed by atoms with E-state index in [-0.39, 0.29) is 11.8 Å². The van der Waals surface area contributed by atoms with Crippen LogP contribution in [0.3, 0.4) is 0 Å². The van der Waals surface area contributed by atoms with E-state index in [0.29, 0.717) is 37.2 Å². The molecule has 0 aliphatic carbocycles. The van der Waals surface area contributed by atoms with Crippen molar-refractivity contribution in [2.45, 2.75) is 27.2 Å². The number of nitrogens with zero attached hydrogens (tertiary/aromatic N) is 4. The van der Waals surface area contributed by atoms with Crippen LogP contribution in [0.1, 0.15) is 36.5 Å². The fourth-order valence-electron chi connectivity index (χ4n) is 3.96. The van der Waals surface area contributed by atoms with Gasteiger partial charge in [-0.2, -0.15) is 5.10 Å². The summed E-state index contributed by atoms with van der Waals surface area (Å²) in [6.45, 7) is 11.3. The maximum absolute atomic E-state index is 12.6. The number of piperazine rings is 1. The van der Waals surface area contributed by atoms with Crippen LogP contribution in [0.15, 0.2) is 6.07 Å². The molecule has 0 unspecified atom stereocenters. The van der Waals surface area contributed by atoms with Gasteiger partial charge in [0.15, 0.2) is 0 Å². The molecule has 7 nitrogen and oxygen atoms in total. The molecule has 3 rings (SSSR count). The first-order valence-electron chi connectivity index (χ1n) is 9.23. The Labute approximate surface area is 149 Å². The number of likely N-dealkylation sites (tertiary alicyclic amines) is 1. The first kappa shape index (κ1) is 17.9. The number of carbonyl (C=O) groups is 2. The topological polar surface area (TPSA) is 72.5 Å². The van der Waals surface area contributed by atoms with E-state index >= 15 is 0 Å². The summed E-state index contributed by atoms with van der Waals surface area (Å²) in [6, 6.07) is 1.77. The molecule has 2 aliphatic rings. The Hall–Kier alpha value is -1.89. The van der Waals surface area contributed by atoms with Gasteiger partial charge in [0.2, 0.25) is 5.91 Å². The van der Waals surface area contributed by atoms with Crippen LogP contribution in [0.25, 0.3) is 0 Å². The molecule has 2 atom stereocenters. The zero-order valence-corrected chi connectivity index (χ0v) is 15.5. The number of aryl methyl sites for hydroxylation is 1. The average Bonchev–Trinajstić information content (AvgIpc) is 3.00. The highest BCUT2D eigenvalue weighted by Gasteiger charge is 2.28. The summed E-state index contributed by atoms with van der Waals surface area (Å²) in [6.07, 6.45) is 1.21. The Kier molecular flexibility index (Phi) is 5.42. The molecule has 0 radical (unpaired) electrons. The number of nitrogens with one attached hydrogen (secondary N) is 1. The quantitative estimate of drug-likeness (QED) is 0.885. The lowest BCUT2D eigenvalue weighted by atomic mass is 9.92. The molecule has 1 aromatic heterocycles. The number of amides is 2. The van der Waals surface area contributed by atoms with Gasteiger partial charge in [-0.1, -0.05) is 13.8 Å². The molecule has 0 spiro atoms. The summed E-state index contributed by atoms with van der Waals surface area (Å²) < 4.78 is 0. The Bertz CT molecular complexity index is 611. The zero-order valence-electron chi connectivity index (χ0n) is 15.5. The van der Waals surface area contributed by atoms with E-state index in [0.717, 1.165) is 31.9 Å². The molecule has 138 valence electrons. The number of carbonyl (C=O) groups excluding carboxylic acids is 2. The number of piperidine rings is 1. The SMILES string of the molecule is Cc1cc(C(=O)N2CCN(CC(=O)N3C[C@H](C)C[C@H](C)C3)CC2)n[nH]1. The zero-order chi connectivity index (χ0) is 18.0. The lowest BCUT2D eigenvalue weighted by Gasteiger charge is -2.38. The van der Waals surface area contributed by atoms with E-state index in [1.54, 1.807) is 6.07 Å². The van der Waals surface area contributed by atoms with Crippen LogP contribution in [-0.2, 0) is 4.79 Å². The number of rotatable bonds is 3. The van der Waals surface area contributed by atoms with Crippen LogP contribution in [0.2, 0.25) is 0 Å². The summed E-state index contributed by atoms with van der Waals surface area (Å²) >= 11 is 0. The Morgan fingerprint density at radius 2 is 1.76 bits per heavy atom. The van der Waals surface area contributed by atoms with Crippen molar-refractivity contribution in [2.75, 3.05) is 45.8 Å². The normalized spacial score (nSPS) is 25.2. The van der Waals surface area contributed by atoms with E-state index in [2.05, 4.69) is 28.9 Å². The van der Waals surface area contributed by atoms with Crippen molar-refractivity contribution in [3.05, 3.63) is 17.5 Å². The maximum Gasteiger partial charge on any atom is 0.274 e. The molecule has 2 amide bonds. The highest BCUT2D eigenvalue weighted by molar-refractivity contribution is 5.92. The van der Waals surface area contributed by atoms with Gasteiger partial charge >= 0.3 is 0 Å². The molecule has 0 aromatic carbocycles. The van der Waals surface area contributed by atoms with Gasteiger partial charge in [0, 0.05) is 45.0 Å². The summed E-state index contributed by atoms with van der Waals surface area (Å²) in [5.41, 5.74) is 1.36. The van der Waals surface area contributed by atoms with Crippen molar-refractivity contribution < 1.29 is 9.59 Å². The number of hydrogen-bond donors (Lipinski definition) is 1. The van der Waals surface area contributed by atoms with Crippen LogP contribution in [-0.4, -0.2) is 82.5 Å². The number of H-pyrrole nitrogens is 1. The van der Waals surface area contributed by atoms with Gasteiger partial charge in [0.25, 0.3) is 5.91 Å². The summed E-state index contributed by atoms with van der Waals surface area (Å²) in [7, 11) is 0. The largest absolute Gasteiger partial charge is 0.341 e. The van der Waals surface area contributed by atoms with Crippen LogP contribution in [0.4, 0.5) is 0 Å². The number of hydrogen-bond acceptors (Lipinski definition) is 4. The lowest BCUT2D eigenvalue weighted by Crippen LogP contribution is -2.53. The summed E-state index contributed by atoms with van der Waals surface area (Å²) in [5.74, 6) is 1.36. The molecule has 3 heterocycles. The second kappa shape index (κ2) is 7.56. The fourth-order valence-corrected chi connectivity index (χ4v) is 3.96. The Balaban J connectivity index is 1.47. The third-order valence-corrected chi connectivity index (χ3v) is 5.16. The molecular weight excluding hydrogens is 318 g/mol. The van der Waals surface area contributed by atoms with Crippen LogP contribution in [0, 0.1) is 18.8 Å². The highest BCUT2D eigenvalue weighted by Crippen LogP contribution is 2.21. The molecule has 25 heavy (non-hydrogen) atoms. The van der Waals surface area contributed by atoms with Crippen molar-refractivity contribution in [3.63, 3.8) is 0 Å². The molecule has 2 fully saturated rings. The van der Waals surface area contributed by atoms with Crippen molar-refractivity contribution >= 4 is 11.8 Å². The van der Waals surface area contributed by atoms with E-state index in [4.69, 9.17) is 0 Å². The van der Waals surface area contributed by atoms with Gasteiger partial charge in [-0.05, 0) is 31.2 Å². The minimum atomic E-state index is -0.0333.